The van der Waals surface area contributed by atoms with Crippen molar-refractivity contribution in [3.05, 3.63) is 132 Å². The highest BCUT2D eigenvalue weighted by molar-refractivity contribution is 6.04. The van der Waals surface area contributed by atoms with Crippen LogP contribution in [0.3, 0.4) is 0 Å². The van der Waals surface area contributed by atoms with E-state index < -0.39 is 0 Å². The van der Waals surface area contributed by atoms with Gasteiger partial charge < -0.3 is 0 Å². The number of Topliss-reactive ketones (excluding diaryl/α,β-unsaturated/α-hetero) is 1. The zero-order valence-electron chi connectivity index (χ0n) is 16.0. The van der Waals surface area contributed by atoms with Crippen LogP contribution in [0.2, 0.25) is 0 Å². The van der Waals surface area contributed by atoms with E-state index in [1.165, 1.54) is 10.8 Å². The number of hydrogen-bond acceptors (Lipinski definition) is 1. The minimum atomic E-state index is -0.341. The van der Waals surface area contributed by atoms with E-state index in [0.717, 1.165) is 27.5 Å². The van der Waals surface area contributed by atoms with Gasteiger partial charge in [0.2, 0.25) is 0 Å². The Kier molecular flexibility index (Phi) is 4.42. The van der Waals surface area contributed by atoms with Gasteiger partial charge in [0.15, 0.2) is 5.78 Å². The molecular formula is C28H20O. The van der Waals surface area contributed by atoms with Crippen molar-refractivity contribution in [2.24, 2.45) is 0 Å². The highest BCUT2D eigenvalue weighted by Gasteiger charge is 2.24. The third-order valence-corrected chi connectivity index (χ3v) is 5.53. The van der Waals surface area contributed by atoms with Gasteiger partial charge in [-0.05, 0) is 32.7 Å². The smallest absolute Gasteiger partial charge is 0.174 e. The van der Waals surface area contributed by atoms with Crippen LogP contribution >= 0.6 is 0 Å². The summed E-state index contributed by atoms with van der Waals surface area (Å²) in [4.78, 5) is 13.6. The van der Waals surface area contributed by atoms with Crippen LogP contribution in [0.15, 0.2) is 115 Å². The number of fused-ring (bicyclic) bond motifs is 2. The molecule has 0 aliphatic carbocycles. The molecule has 0 N–H and O–H groups in total. The first kappa shape index (κ1) is 17.4. The van der Waals surface area contributed by atoms with Crippen LogP contribution in [0.1, 0.15) is 27.4 Å². The second-order valence-electron chi connectivity index (χ2n) is 7.38. The maximum Gasteiger partial charge on any atom is 0.174 e. The normalized spacial score (nSPS) is 11.2. The van der Waals surface area contributed by atoms with E-state index in [1.54, 1.807) is 0 Å². The van der Waals surface area contributed by atoms with Crippen LogP contribution in [-0.4, -0.2) is 5.78 Å². The van der Waals surface area contributed by atoms with Gasteiger partial charge in [-0.3, -0.25) is 4.79 Å². The molecule has 0 unspecified atom stereocenters. The summed E-state index contributed by atoms with van der Waals surface area (Å²) < 4.78 is 0. The van der Waals surface area contributed by atoms with Crippen LogP contribution in [0.4, 0.5) is 0 Å². The van der Waals surface area contributed by atoms with Gasteiger partial charge in [-0.15, -0.1) is 0 Å². The van der Waals surface area contributed by atoms with Crippen molar-refractivity contribution in [3.8, 4) is 0 Å². The van der Waals surface area contributed by atoms with Gasteiger partial charge in [0.05, 0.1) is 5.92 Å². The summed E-state index contributed by atoms with van der Waals surface area (Å²) >= 11 is 0. The molecule has 0 fully saturated rings. The maximum absolute atomic E-state index is 13.6. The Morgan fingerprint density at radius 3 is 1.45 bits per heavy atom. The molecule has 5 rings (SSSR count). The molecule has 0 aliphatic heterocycles. The van der Waals surface area contributed by atoms with Crippen molar-refractivity contribution >= 4 is 27.3 Å². The van der Waals surface area contributed by atoms with Crippen LogP contribution in [0, 0.1) is 0 Å². The van der Waals surface area contributed by atoms with Crippen LogP contribution in [0.5, 0.6) is 0 Å². The lowest BCUT2D eigenvalue weighted by Gasteiger charge is -2.18. The molecule has 1 heteroatoms. The van der Waals surface area contributed by atoms with Crippen LogP contribution in [0.25, 0.3) is 21.5 Å². The SMILES string of the molecule is O=C(c1ccccc1)C(c1ccc2ccccc2c1)c1ccc2ccccc2c1. The molecule has 1 nitrogen and oxygen atoms in total. The van der Waals surface area contributed by atoms with Gasteiger partial charge >= 0.3 is 0 Å². The first-order valence-corrected chi connectivity index (χ1v) is 9.86. The van der Waals surface area contributed by atoms with Crippen molar-refractivity contribution in [3.63, 3.8) is 0 Å². The summed E-state index contributed by atoms with van der Waals surface area (Å²) in [6.45, 7) is 0. The fourth-order valence-electron chi connectivity index (χ4n) is 4.04. The van der Waals surface area contributed by atoms with Crippen molar-refractivity contribution in [2.75, 3.05) is 0 Å². The molecule has 0 saturated carbocycles. The minimum Gasteiger partial charge on any atom is -0.293 e. The lowest BCUT2D eigenvalue weighted by Crippen LogP contribution is -2.14. The van der Waals surface area contributed by atoms with Gasteiger partial charge in [0.25, 0.3) is 0 Å². The Morgan fingerprint density at radius 1 is 0.483 bits per heavy atom. The van der Waals surface area contributed by atoms with Gasteiger partial charge in [-0.25, -0.2) is 0 Å². The molecule has 0 heterocycles. The monoisotopic (exact) mass is 372 g/mol. The summed E-state index contributed by atoms with van der Waals surface area (Å²) in [5.74, 6) is -0.220. The lowest BCUT2D eigenvalue weighted by molar-refractivity contribution is 0.0974. The molecule has 0 radical (unpaired) electrons. The van der Waals surface area contributed by atoms with E-state index in [2.05, 4.69) is 60.7 Å². The first-order chi connectivity index (χ1) is 14.3. The Hall–Kier alpha value is -3.71. The van der Waals surface area contributed by atoms with Gasteiger partial charge in [0, 0.05) is 5.56 Å². The fraction of sp³-hybridized carbons (Fsp3) is 0.0357. The summed E-state index contributed by atoms with van der Waals surface area (Å²) in [6, 6.07) is 38.8. The van der Waals surface area contributed by atoms with Crippen LogP contribution in [-0.2, 0) is 0 Å². The number of benzene rings is 5. The van der Waals surface area contributed by atoms with E-state index >= 15 is 0 Å². The third-order valence-electron chi connectivity index (χ3n) is 5.53. The third kappa shape index (κ3) is 3.32. The Bertz CT molecular complexity index is 1240. The van der Waals surface area contributed by atoms with E-state index in [4.69, 9.17) is 0 Å². The molecule has 0 spiro atoms. The molecule has 138 valence electrons. The largest absolute Gasteiger partial charge is 0.293 e. The minimum absolute atomic E-state index is 0.121. The predicted octanol–water partition coefficient (Wildman–Crippen LogP) is 7.01. The number of carbonyl (C=O) groups is 1. The number of ketones is 1. The van der Waals surface area contributed by atoms with Crippen molar-refractivity contribution in [1.29, 1.82) is 0 Å². The fourth-order valence-corrected chi connectivity index (χ4v) is 4.04. The van der Waals surface area contributed by atoms with Gasteiger partial charge in [-0.1, -0.05) is 115 Å². The van der Waals surface area contributed by atoms with E-state index in [-0.39, 0.29) is 11.7 Å². The molecule has 5 aromatic carbocycles. The Morgan fingerprint density at radius 2 is 0.931 bits per heavy atom. The summed E-state index contributed by atoms with van der Waals surface area (Å²) in [5, 5.41) is 4.66. The predicted molar refractivity (Wildman–Crippen MR) is 121 cm³/mol. The average Bonchev–Trinajstić information content (AvgIpc) is 2.79. The summed E-state index contributed by atoms with van der Waals surface area (Å²) in [6.07, 6.45) is 0. The molecule has 0 bridgehead atoms. The quantitative estimate of drug-likeness (QED) is 0.310. The highest BCUT2D eigenvalue weighted by Crippen LogP contribution is 2.32. The molecule has 0 atom stereocenters. The van der Waals surface area contributed by atoms with Crippen molar-refractivity contribution < 1.29 is 4.79 Å². The number of hydrogen-bond donors (Lipinski definition) is 0. The zero-order chi connectivity index (χ0) is 19.6. The van der Waals surface area contributed by atoms with Gasteiger partial charge in [0.1, 0.15) is 0 Å². The average molecular weight is 372 g/mol. The zero-order valence-corrected chi connectivity index (χ0v) is 16.0. The van der Waals surface area contributed by atoms with Crippen molar-refractivity contribution in [1.82, 2.24) is 0 Å². The topological polar surface area (TPSA) is 17.1 Å². The van der Waals surface area contributed by atoms with Crippen molar-refractivity contribution in [2.45, 2.75) is 5.92 Å². The molecule has 0 aromatic heterocycles. The maximum atomic E-state index is 13.6. The summed E-state index contributed by atoms with van der Waals surface area (Å²) in [5.41, 5.74) is 2.78. The molecule has 0 amide bonds. The van der Waals surface area contributed by atoms with E-state index in [1.807, 2.05) is 54.6 Å². The number of rotatable bonds is 4. The Labute approximate surface area is 170 Å². The highest BCUT2D eigenvalue weighted by atomic mass is 16.1. The van der Waals surface area contributed by atoms with E-state index in [9.17, 15) is 4.79 Å². The number of carbonyl (C=O) groups excluding carboxylic acids is 1. The molecule has 0 aliphatic rings. The van der Waals surface area contributed by atoms with Crippen LogP contribution < -0.4 is 0 Å². The molecular weight excluding hydrogens is 352 g/mol. The molecule has 29 heavy (non-hydrogen) atoms. The van der Waals surface area contributed by atoms with E-state index in [0.29, 0.717) is 0 Å². The first-order valence-electron chi connectivity index (χ1n) is 9.86. The summed E-state index contributed by atoms with van der Waals surface area (Å²) in [7, 11) is 0. The second kappa shape index (κ2) is 7.37. The standard InChI is InChI=1S/C28H20O/c29-28(22-10-2-1-3-11-22)27(25-16-14-20-8-4-6-12-23(20)18-25)26-17-15-21-9-5-7-13-24(21)19-26/h1-19,27H. The lowest BCUT2D eigenvalue weighted by atomic mass is 9.83. The molecule has 5 aromatic rings. The van der Waals surface area contributed by atoms with Gasteiger partial charge in [-0.2, -0.15) is 0 Å². The second-order valence-corrected chi connectivity index (χ2v) is 7.38. The Balaban J connectivity index is 1.70. The molecule has 0 saturated heterocycles.